The molecule has 122 valence electrons. The average Bonchev–Trinajstić information content (AvgIpc) is 3.03. The van der Waals surface area contributed by atoms with E-state index in [1.54, 1.807) is 6.92 Å². The first-order chi connectivity index (χ1) is 11.6. The molecule has 0 saturated carbocycles. The number of fused-ring (bicyclic) bond motifs is 3. The molecule has 4 heteroatoms. The summed E-state index contributed by atoms with van der Waals surface area (Å²) in [6.07, 6.45) is 0. The smallest absolute Gasteiger partial charge is 0.251 e. The van der Waals surface area contributed by atoms with E-state index in [1.807, 2.05) is 30.3 Å². The molecular weight excluding hydrogens is 300 g/mol. The summed E-state index contributed by atoms with van der Waals surface area (Å²) < 4.78 is 0. The van der Waals surface area contributed by atoms with Gasteiger partial charge in [-0.1, -0.05) is 30.3 Å². The normalized spacial score (nSPS) is 22.3. The van der Waals surface area contributed by atoms with Gasteiger partial charge in [0, 0.05) is 36.7 Å². The average molecular weight is 320 g/mol. The van der Waals surface area contributed by atoms with Crippen molar-refractivity contribution in [1.29, 1.82) is 0 Å². The molecule has 0 aromatic heterocycles. The van der Waals surface area contributed by atoms with Crippen molar-refractivity contribution in [2.75, 3.05) is 19.6 Å². The van der Waals surface area contributed by atoms with E-state index in [2.05, 4.69) is 22.8 Å². The third-order valence-electron chi connectivity index (χ3n) is 5.16. The summed E-state index contributed by atoms with van der Waals surface area (Å²) >= 11 is 0. The van der Waals surface area contributed by atoms with Crippen LogP contribution in [0.3, 0.4) is 0 Å². The van der Waals surface area contributed by atoms with Crippen LogP contribution < -0.4 is 10.6 Å². The molecule has 1 fully saturated rings. The van der Waals surface area contributed by atoms with Crippen molar-refractivity contribution in [3.63, 3.8) is 0 Å². The molecule has 2 atom stereocenters. The number of ketones is 1. The van der Waals surface area contributed by atoms with E-state index in [1.165, 1.54) is 0 Å². The van der Waals surface area contributed by atoms with E-state index in [-0.39, 0.29) is 11.7 Å². The topological polar surface area (TPSA) is 58.2 Å². The van der Waals surface area contributed by atoms with Gasteiger partial charge in [0.25, 0.3) is 5.91 Å². The van der Waals surface area contributed by atoms with Gasteiger partial charge in [-0.3, -0.25) is 9.59 Å². The number of carbonyl (C=O) groups excluding carboxylic acids is 2. The minimum Gasteiger partial charge on any atom is -0.352 e. The Labute approximate surface area is 141 Å². The molecule has 24 heavy (non-hydrogen) atoms. The minimum absolute atomic E-state index is 0.00368. The van der Waals surface area contributed by atoms with Crippen LogP contribution in [0.25, 0.3) is 11.1 Å². The molecular formula is C20H20N2O2. The van der Waals surface area contributed by atoms with Crippen molar-refractivity contribution in [3.05, 3.63) is 59.2 Å². The molecule has 0 radical (unpaired) electrons. The van der Waals surface area contributed by atoms with E-state index >= 15 is 0 Å². The standard InChI is InChI=1S/C20H20N2O2/c1-12(23)13-3-2-4-14(7-13)15-5-6-17-18(8-15)20(24)22-10-16-9-21-11-19(16)17/h2-8,16,19,21H,9-11H2,1H3,(H,22,24)/t16-,19?/m0/s1. The number of carbonyl (C=O) groups is 2. The molecule has 2 aromatic rings. The zero-order valence-corrected chi connectivity index (χ0v) is 13.6. The first kappa shape index (κ1) is 15.1. The lowest BCUT2D eigenvalue weighted by molar-refractivity contribution is 0.0951. The van der Waals surface area contributed by atoms with Crippen molar-refractivity contribution in [1.82, 2.24) is 10.6 Å². The Hall–Kier alpha value is -2.46. The summed E-state index contributed by atoms with van der Waals surface area (Å²) in [5.74, 6) is 0.895. The van der Waals surface area contributed by atoms with Crippen LogP contribution in [0.2, 0.25) is 0 Å². The lowest BCUT2D eigenvalue weighted by Crippen LogP contribution is -2.28. The molecule has 2 aromatic carbocycles. The number of Topliss-reactive ketones (excluding diaryl/α,β-unsaturated/α-hetero) is 1. The van der Waals surface area contributed by atoms with Gasteiger partial charge < -0.3 is 10.6 Å². The Morgan fingerprint density at radius 2 is 1.88 bits per heavy atom. The Bertz CT molecular complexity index is 828. The van der Waals surface area contributed by atoms with Gasteiger partial charge >= 0.3 is 0 Å². The fraction of sp³-hybridized carbons (Fsp3) is 0.300. The Kier molecular flexibility index (Phi) is 3.69. The van der Waals surface area contributed by atoms with Gasteiger partial charge in [-0.2, -0.15) is 0 Å². The largest absolute Gasteiger partial charge is 0.352 e. The fourth-order valence-corrected chi connectivity index (χ4v) is 3.80. The van der Waals surface area contributed by atoms with Gasteiger partial charge in [0.15, 0.2) is 5.78 Å². The van der Waals surface area contributed by atoms with Gasteiger partial charge in [-0.25, -0.2) is 0 Å². The number of rotatable bonds is 2. The molecule has 4 rings (SSSR count). The molecule has 1 amide bonds. The summed E-state index contributed by atoms with van der Waals surface area (Å²) in [4.78, 5) is 24.1. The number of hydrogen-bond acceptors (Lipinski definition) is 3. The predicted octanol–water partition coefficient (Wildman–Crippen LogP) is 2.60. The lowest BCUT2D eigenvalue weighted by atomic mass is 9.86. The molecule has 1 unspecified atom stereocenters. The predicted molar refractivity (Wildman–Crippen MR) is 93.3 cm³/mol. The van der Waals surface area contributed by atoms with Gasteiger partial charge in [-0.05, 0) is 41.7 Å². The highest BCUT2D eigenvalue weighted by Crippen LogP contribution is 2.34. The molecule has 2 aliphatic rings. The zero-order chi connectivity index (χ0) is 16.7. The maximum atomic E-state index is 12.5. The quantitative estimate of drug-likeness (QED) is 0.836. The van der Waals surface area contributed by atoms with Crippen LogP contribution in [0, 0.1) is 5.92 Å². The molecule has 4 nitrogen and oxygen atoms in total. The van der Waals surface area contributed by atoms with E-state index in [0.717, 1.165) is 41.9 Å². The van der Waals surface area contributed by atoms with Crippen LogP contribution in [0.5, 0.6) is 0 Å². The Morgan fingerprint density at radius 3 is 2.71 bits per heavy atom. The Balaban J connectivity index is 1.79. The fourth-order valence-electron chi connectivity index (χ4n) is 3.80. The molecule has 0 spiro atoms. The third-order valence-corrected chi connectivity index (χ3v) is 5.16. The molecule has 2 heterocycles. The maximum absolute atomic E-state index is 12.5. The highest BCUT2D eigenvalue weighted by Gasteiger charge is 2.34. The molecule has 1 saturated heterocycles. The monoisotopic (exact) mass is 320 g/mol. The Morgan fingerprint density at radius 1 is 1.04 bits per heavy atom. The first-order valence-electron chi connectivity index (χ1n) is 8.38. The second-order valence-corrected chi connectivity index (χ2v) is 6.67. The van der Waals surface area contributed by atoms with E-state index in [4.69, 9.17) is 0 Å². The number of hydrogen-bond donors (Lipinski definition) is 2. The molecule has 2 N–H and O–H groups in total. The number of benzene rings is 2. The molecule has 0 aliphatic carbocycles. The summed E-state index contributed by atoms with van der Waals surface area (Å²) in [5, 5.41) is 6.47. The van der Waals surface area contributed by atoms with Gasteiger partial charge in [0.2, 0.25) is 0 Å². The SMILES string of the molecule is CC(=O)c1cccc(-c2ccc3c(c2)C(=O)NC[C@@H]2CNCC32)c1. The number of amides is 1. The third kappa shape index (κ3) is 2.53. The first-order valence-corrected chi connectivity index (χ1v) is 8.38. The minimum atomic E-state index is 0.00368. The van der Waals surface area contributed by atoms with Crippen LogP contribution in [-0.4, -0.2) is 31.3 Å². The second-order valence-electron chi connectivity index (χ2n) is 6.67. The van der Waals surface area contributed by atoms with Crippen LogP contribution >= 0.6 is 0 Å². The van der Waals surface area contributed by atoms with Crippen LogP contribution in [-0.2, 0) is 0 Å². The van der Waals surface area contributed by atoms with Crippen molar-refractivity contribution in [3.8, 4) is 11.1 Å². The summed E-state index contributed by atoms with van der Waals surface area (Å²) in [7, 11) is 0. The summed E-state index contributed by atoms with van der Waals surface area (Å²) in [5.41, 5.74) is 4.51. The summed E-state index contributed by atoms with van der Waals surface area (Å²) in [6.45, 7) is 4.16. The van der Waals surface area contributed by atoms with Crippen LogP contribution in [0.1, 0.15) is 39.1 Å². The molecule has 0 bridgehead atoms. The van der Waals surface area contributed by atoms with E-state index in [0.29, 0.717) is 17.4 Å². The van der Waals surface area contributed by atoms with Crippen LogP contribution in [0.15, 0.2) is 42.5 Å². The van der Waals surface area contributed by atoms with Gasteiger partial charge in [0.1, 0.15) is 0 Å². The van der Waals surface area contributed by atoms with Crippen molar-refractivity contribution in [2.24, 2.45) is 5.92 Å². The summed E-state index contributed by atoms with van der Waals surface area (Å²) in [6, 6.07) is 13.7. The lowest BCUT2D eigenvalue weighted by Gasteiger charge is -2.17. The van der Waals surface area contributed by atoms with Crippen LogP contribution in [0.4, 0.5) is 0 Å². The van der Waals surface area contributed by atoms with E-state index in [9.17, 15) is 9.59 Å². The van der Waals surface area contributed by atoms with E-state index < -0.39 is 0 Å². The zero-order valence-electron chi connectivity index (χ0n) is 13.6. The van der Waals surface area contributed by atoms with Crippen molar-refractivity contribution in [2.45, 2.75) is 12.8 Å². The second kappa shape index (κ2) is 5.87. The van der Waals surface area contributed by atoms with Gasteiger partial charge in [0.05, 0.1) is 0 Å². The number of nitrogens with one attached hydrogen (secondary N) is 2. The van der Waals surface area contributed by atoms with Gasteiger partial charge in [-0.15, -0.1) is 0 Å². The highest BCUT2D eigenvalue weighted by molar-refractivity contribution is 5.98. The van der Waals surface area contributed by atoms with Crippen molar-refractivity contribution >= 4 is 11.7 Å². The maximum Gasteiger partial charge on any atom is 0.251 e. The highest BCUT2D eigenvalue weighted by atomic mass is 16.1. The van der Waals surface area contributed by atoms with Crippen molar-refractivity contribution < 1.29 is 9.59 Å². The molecule has 2 aliphatic heterocycles.